The Kier molecular flexibility index (Phi) is 5.31. The van der Waals surface area contributed by atoms with Crippen LogP contribution in [-0.4, -0.2) is 31.0 Å². The van der Waals surface area contributed by atoms with Crippen molar-refractivity contribution < 1.29 is 17.9 Å². The Bertz CT molecular complexity index is 1200. The molecule has 2 heterocycles. The zero-order valence-electron chi connectivity index (χ0n) is 16.6. The quantitative estimate of drug-likeness (QED) is 0.630. The third-order valence-corrected chi connectivity index (χ3v) is 6.52. The van der Waals surface area contributed by atoms with E-state index in [1.54, 1.807) is 54.4 Å². The fourth-order valence-electron chi connectivity index (χ4n) is 3.50. The minimum Gasteiger partial charge on any atom is -0.497 e. The number of fused-ring (bicyclic) bond motifs is 1. The summed E-state index contributed by atoms with van der Waals surface area (Å²) in [4.78, 5) is 16.1. The van der Waals surface area contributed by atoms with E-state index < -0.39 is 16.1 Å². The minimum absolute atomic E-state index is 0.0656. The van der Waals surface area contributed by atoms with E-state index >= 15 is 0 Å². The number of hydrogen-bond acceptors (Lipinski definition) is 5. The van der Waals surface area contributed by atoms with Crippen LogP contribution in [0.15, 0.2) is 59.8 Å². The molecule has 0 radical (unpaired) electrons. The molecule has 0 saturated heterocycles. The maximum atomic E-state index is 13.3. The summed E-state index contributed by atoms with van der Waals surface area (Å²) in [7, 11) is -0.503. The number of hydrogen-bond donors (Lipinski definition) is 2. The average molecular weight is 426 g/mol. The SMILES string of the molecule is COc1cccc(C(NS(=O)(=O)c2ccc3c(c2)CCC(=O)N3)c2nccn2C)c1. The van der Waals surface area contributed by atoms with Crippen molar-refractivity contribution in [1.29, 1.82) is 0 Å². The van der Waals surface area contributed by atoms with Gasteiger partial charge in [0.1, 0.15) is 17.6 Å². The van der Waals surface area contributed by atoms with Crippen LogP contribution in [0, 0.1) is 0 Å². The molecule has 0 spiro atoms. The van der Waals surface area contributed by atoms with Crippen LogP contribution in [0.2, 0.25) is 0 Å². The molecule has 0 saturated carbocycles. The highest BCUT2D eigenvalue weighted by Crippen LogP contribution is 2.29. The number of imidazole rings is 1. The second kappa shape index (κ2) is 7.92. The van der Waals surface area contributed by atoms with Gasteiger partial charge < -0.3 is 14.6 Å². The number of anilines is 1. The van der Waals surface area contributed by atoms with Gasteiger partial charge in [-0.25, -0.2) is 13.4 Å². The molecule has 1 aliphatic heterocycles. The van der Waals surface area contributed by atoms with Crippen molar-refractivity contribution in [2.45, 2.75) is 23.8 Å². The molecule has 1 aliphatic rings. The van der Waals surface area contributed by atoms with Crippen molar-refractivity contribution in [2.75, 3.05) is 12.4 Å². The Balaban J connectivity index is 1.72. The Morgan fingerprint density at radius 1 is 1.20 bits per heavy atom. The van der Waals surface area contributed by atoms with E-state index in [0.29, 0.717) is 35.7 Å². The van der Waals surface area contributed by atoms with Crippen LogP contribution in [-0.2, 0) is 28.3 Å². The van der Waals surface area contributed by atoms with E-state index in [0.717, 1.165) is 5.56 Å². The molecule has 0 aliphatic carbocycles. The van der Waals surface area contributed by atoms with Crippen LogP contribution >= 0.6 is 0 Å². The predicted octanol–water partition coefficient (Wildman–Crippen LogP) is 2.38. The highest BCUT2D eigenvalue weighted by molar-refractivity contribution is 7.89. The summed E-state index contributed by atoms with van der Waals surface area (Å²) in [6.07, 6.45) is 4.23. The third kappa shape index (κ3) is 3.94. The van der Waals surface area contributed by atoms with Crippen LogP contribution < -0.4 is 14.8 Å². The van der Waals surface area contributed by atoms with Gasteiger partial charge >= 0.3 is 0 Å². The van der Waals surface area contributed by atoms with E-state index in [2.05, 4.69) is 15.0 Å². The third-order valence-electron chi connectivity index (χ3n) is 5.10. The van der Waals surface area contributed by atoms with E-state index in [1.165, 1.54) is 6.07 Å². The molecule has 156 valence electrons. The van der Waals surface area contributed by atoms with Crippen LogP contribution in [0.4, 0.5) is 5.69 Å². The van der Waals surface area contributed by atoms with E-state index in [1.807, 2.05) is 13.1 Å². The topological polar surface area (TPSA) is 102 Å². The van der Waals surface area contributed by atoms with Crippen molar-refractivity contribution in [3.8, 4) is 5.75 Å². The Morgan fingerprint density at radius 3 is 2.77 bits per heavy atom. The zero-order valence-corrected chi connectivity index (χ0v) is 17.4. The maximum Gasteiger partial charge on any atom is 0.241 e. The zero-order chi connectivity index (χ0) is 21.3. The van der Waals surface area contributed by atoms with Crippen molar-refractivity contribution in [1.82, 2.24) is 14.3 Å². The Labute approximate surface area is 175 Å². The van der Waals surface area contributed by atoms with Crippen LogP contribution in [0.5, 0.6) is 5.75 Å². The second-order valence-electron chi connectivity index (χ2n) is 7.09. The molecule has 2 N–H and O–H groups in total. The number of carbonyl (C=O) groups excluding carboxylic acids is 1. The van der Waals surface area contributed by atoms with Crippen molar-refractivity contribution in [3.63, 3.8) is 0 Å². The molecule has 0 bridgehead atoms. The predicted molar refractivity (Wildman–Crippen MR) is 112 cm³/mol. The van der Waals surface area contributed by atoms with Crippen molar-refractivity contribution in [2.24, 2.45) is 7.05 Å². The van der Waals surface area contributed by atoms with Gasteiger partial charge in [0.15, 0.2) is 0 Å². The summed E-state index contributed by atoms with van der Waals surface area (Å²) in [5, 5.41) is 2.77. The smallest absolute Gasteiger partial charge is 0.241 e. The number of nitrogens with zero attached hydrogens (tertiary/aromatic N) is 2. The van der Waals surface area contributed by atoms with Crippen LogP contribution in [0.1, 0.15) is 29.4 Å². The fourth-order valence-corrected chi connectivity index (χ4v) is 4.73. The summed E-state index contributed by atoms with van der Waals surface area (Å²) in [6, 6.07) is 11.2. The molecule has 4 rings (SSSR count). The lowest BCUT2D eigenvalue weighted by Crippen LogP contribution is -2.31. The number of methoxy groups -OCH3 is 1. The largest absolute Gasteiger partial charge is 0.497 e. The molecule has 30 heavy (non-hydrogen) atoms. The molecule has 0 fully saturated rings. The number of aryl methyl sites for hydroxylation is 2. The van der Waals surface area contributed by atoms with Crippen molar-refractivity contribution in [3.05, 3.63) is 71.8 Å². The van der Waals surface area contributed by atoms with Gasteiger partial charge in [0.05, 0.1) is 12.0 Å². The first kappa shape index (κ1) is 20.1. The summed E-state index contributed by atoms with van der Waals surface area (Å²) < 4.78 is 36.4. The molecular formula is C21H22N4O4S. The molecule has 1 atom stereocenters. The standard InChI is InChI=1S/C21H22N4O4S/c1-25-11-10-22-21(25)20(15-4-3-5-16(12-15)29-2)24-30(27,28)17-7-8-18-14(13-17)6-9-19(26)23-18/h3-5,7-8,10-13,20,24H,6,9H2,1-2H3,(H,23,26). The van der Waals surface area contributed by atoms with Gasteiger partial charge in [-0.2, -0.15) is 4.72 Å². The number of carbonyl (C=O) groups is 1. The molecule has 8 nitrogen and oxygen atoms in total. The highest BCUT2D eigenvalue weighted by atomic mass is 32.2. The number of aromatic nitrogens is 2. The number of sulfonamides is 1. The maximum absolute atomic E-state index is 13.3. The molecule has 1 amide bonds. The minimum atomic E-state index is -3.87. The van der Waals surface area contributed by atoms with Crippen molar-refractivity contribution >= 4 is 21.6 Å². The fraction of sp³-hybridized carbons (Fsp3) is 0.238. The molecule has 1 unspecified atom stereocenters. The molecule has 3 aromatic rings. The van der Waals surface area contributed by atoms with Gasteiger partial charge in [-0.05, 0) is 47.9 Å². The number of rotatable bonds is 6. The second-order valence-corrected chi connectivity index (χ2v) is 8.81. The van der Waals surface area contributed by atoms with Gasteiger partial charge in [-0.3, -0.25) is 4.79 Å². The van der Waals surface area contributed by atoms with E-state index in [4.69, 9.17) is 4.74 Å². The summed E-state index contributed by atoms with van der Waals surface area (Å²) in [6.45, 7) is 0. The van der Waals surface area contributed by atoms with Gasteiger partial charge in [0.2, 0.25) is 15.9 Å². The summed E-state index contributed by atoms with van der Waals surface area (Å²) >= 11 is 0. The first-order valence-electron chi connectivity index (χ1n) is 9.43. The first-order chi connectivity index (χ1) is 14.4. The molecule has 1 aromatic heterocycles. The summed E-state index contributed by atoms with van der Waals surface area (Å²) in [5.41, 5.74) is 2.16. The van der Waals surface area contributed by atoms with Crippen LogP contribution in [0.3, 0.4) is 0 Å². The lowest BCUT2D eigenvalue weighted by molar-refractivity contribution is -0.116. The average Bonchev–Trinajstić information content (AvgIpc) is 3.17. The number of amides is 1. The van der Waals surface area contributed by atoms with Crippen LogP contribution in [0.25, 0.3) is 0 Å². The number of ether oxygens (including phenoxy) is 1. The van der Waals surface area contributed by atoms with Gasteiger partial charge in [-0.15, -0.1) is 0 Å². The molecular weight excluding hydrogens is 404 g/mol. The van der Waals surface area contributed by atoms with Gasteiger partial charge in [0, 0.05) is 31.5 Å². The van der Waals surface area contributed by atoms with E-state index in [-0.39, 0.29) is 10.8 Å². The number of benzene rings is 2. The first-order valence-corrected chi connectivity index (χ1v) is 10.9. The highest BCUT2D eigenvalue weighted by Gasteiger charge is 2.27. The lowest BCUT2D eigenvalue weighted by atomic mass is 10.0. The normalized spacial score (nSPS) is 14.7. The lowest BCUT2D eigenvalue weighted by Gasteiger charge is -2.21. The van der Waals surface area contributed by atoms with Gasteiger partial charge in [-0.1, -0.05) is 12.1 Å². The molecule has 2 aromatic carbocycles. The monoisotopic (exact) mass is 426 g/mol. The Morgan fingerprint density at radius 2 is 2.03 bits per heavy atom. The van der Waals surface area contributed by atoms with E-state index in [9.17, 15) is 13.2 Å². The van der Waals surface area contributed by atoms with Gasteiger partial charge in [0.25, 0.3) is 0 Å². The number of nitrogens with one attached hydrogen (secondary N) is 2. The summed E-state index contributed by atoms with van der Waals surface area (Å²) in [5.74, 6) is 1.11. The Hall–Kier alpha value is -3.17. The molecule has 9 heteroatoms.